The van der Waals surface area contributed by atoms with Gasteiger partial charge in [0.15, 0.2) is 11.5 Å². The molecule has 19 heavy (non-hydrogen) atoms. The van der Waals surface area contributed by atoms with Crippen LogP contribution in [0.25, 0.3) is 5.65 Å². The molecule has 0 aromatic carbocycles. The van der Waals surface area contributed by atoms with Crippen molar-refractivity contribution in [3.8, 4) is 0 Å². The lowest BCUT2D eigenvalue weighted by Gasteiger charge is -2.25. The highest BCUT2D eigenvalue weighted by molar-refractivity contribution is 5.64. The second kappa shape index (κ2) is 5.47. The first-order valence-corrected chi connectivity index (χ1v) is 6.82. The van der Waals surface area contributed by atoms with Gasteiger partial charge in [0.05, 0.1) is 6.20 Å². The van der Waals surface area contributed by atoms with Crippen molar-refractivity contribution in [2.45, 2.75) is 27.7 Å². The van der Waals surface area contributed by atoms with Gasteiger partial charge in [-0.2, -0.15) is 0 Å². The fourth-order valence-electron chi connectivity index (χ4n) is 2.53. The average Bonchev–Trinajstić information content (AvgIpc) is 2.75. The van der Waals surface area contributed by atoms with Gasteiger partial charge in [0.2, 0.25) is 0 Å². The van der Waals surface area contributed by atoms with Crippen LogP contribution in [0, 0.1) is 17.8 Å². The number of anilines is 2. The van der Waals surface area contributed by atoms with Crippen molar-refractivity contribution >= 4 is 17.3 Å². The molecule has 0 aliphatic heterocycles. The molecule has 0 fully saturated rings. The van der Waals surface area contributed by atoms with Crippen molar-refractivity contribution < 1.29 is 0 Å². The summed E-state index contributed by atoms with van der Waals surface area (Å²) in [4.78, 5) is 8.66. The minimum absolute atomic E-state index is 0.499. The number of nitrogens with zero attached hydrogens (tertiary/aromatic N) is 3. The third-order valence-electron chi connectivity index (χ3n) is 3.61. The normalized spacial score (nSPS) is 11.9. The van der Waals surface area contributed by atoms with Crippen LogP contribution >= 0.6 is 0 Å². The molecular weight excluding hydrogens is 238 g/mol. The van der Waals surface area contributed by atoms with E-state index in [-0.39, 0.29) is 0 Å². The monoisotopic (exact) mass is 261 g/mol. The molecule has 2 aromatic rings. The van der Waals surface area contributed by atoms with Crippen LogP contribution in [0.3, 0.4) is 0 Å². The molecule has 0 radical (unpaired) electrons. The van der Waals surface area contributed by atoms with E-state index < -0.39 is 0 Å². The van der Waals surface area contributed by atoms with Gasteiger partial charge >= 0.3 is 0 Å². The molecule has 0 spiro atoms. The average molecular weight is 261 g/mol. The van der Waals surface area contributed by atoms with Crippen LogP contribution in [-0.4, -0.2) is 20.9 Å². The summed E-state index contributed by atoms with van der Waals surface area (Å²) in [5, 5.41) is 3.40. The van der Waals surface area contributed by atoms with E-state index in [0.717, 1.165) is 18.0 Å². The number of nitrogens with two attached hydrogens (primary N) is 1. The number of nitrogens with one attached hydrogen (secondary N) is 1. The lowest BCUT2D eigenvalue weighted by atomic mass is 9.85. The highest BCUT2D eigenvalue weighted by Crippen LogP contribution is 2.22. The SMILES string of the molecule is CC(C)C(CNc1nc(N)cn2ccnc12)C(C)C. The van der Waals surface area contributed by atoms with Crippen LogP contribution < -0.4 is 11.1 Å². The Kier molecular flexibility index (Phi) is 3.93. The number of imidazole rings is 1. The van der Waals surface area contributed by atoms with Crippen LogP contribution in [0.15, 0.2) is 18.6 Å². The third-order valence-corrected chi connectivity index (χ3v) is 3.61. The topological polar surface area (TPSA) is 68.2 Å². The van der Waals surface area contributed by atoms with Gasteiger partial charge in [-0.3, -0.25) is 0 Å². The lowest BCUT2D eigenvalue weighted by Crippen LogP contribution is -2.25. The molecule has 3 N–H and O–H groups in total. The Morgan fingerprint density at radius 2 is 1.95 bits per heavy atom. The van der Waals surface area contributed by atoms with Crippen molar-refractivity contribution in [1.82, 2.24) is 14.4 Å². The number of aromatic nitrogens is 3. The Morgan fingerprint density at radius 3 is 2.58 bits per heavy atom. The fraction of sp³-hybridized carbons (Fsp3) is 0.571. The minimum atomic E-state index is 0.499. The predicted octanol–water partition coefficient (Wildman–Crippen LogP) is 2.65. The number of rotatable bonds is 5. The maximum atomic E-state index is 5.81. The summed E-state index contributed by atoms with van der Waals surface area (Å²) in [6.07, 6.45) is 5.40. The highest BCUT2D eigenvalue weighted by atomic mass is 15.1. The second-order valence-electron chi connectivity index (χ2n) is 5.71. The summed E-state index contributed by atoms with van der Waals surface area (Å²) >= 11 is 0. The minimum Gasteiger partial charge on any atom is -0.382 e. The van der Waals surface area contributed by atoms with Crippen molar-refractivity contribution in [3.05, 3.63) is 18.6 Å². The Bertz CT molecular complexity index is 536. The van der Waals surface area contributed by atoms with Crippen LogP contribution in [0.4, 0.5) is 11.6 Å². The molecule has 0 saturated carbocycles. The fourth-order valence-corrected chi connectivity index (χ4v) is 2.53. The molecule has 0 unspecified atom stereocenters. The van der Waals surface area contributed by atoms with Gasteiger partial charge in [-0.25, -0.2) is 9.97 Å². The third kappa shape index (κ3) is 2.97. The molecule has 104 valence electrons. The van der Waals surface area contributed by atoms with Crippen molar-refractivity contribution in [2.24, 2.45) is 17.8 Å². The van der Waals surface area contributed by atoms with Crippen molar-refractivity contribution in [1.29, 1.82) is 0 Å². The van der Waals surface area contributed by atoms with E-state index in [1.807, 2.05) is 10.6 Å². The van der Waals surface area contributed by atoms with E-state index in [1.54, 1.807) is 12.4 Å². The van der Waals surface area contributed by atoms with Crippen LogP contribution in [0.1, 0.15) is 27.7 Å². The Balaban J connectivity index is 2.19. The maximum absolute atomic E-state index is 5.81. The summed E-state index contributed by atoms with van der Waals surface area (Å²) < 4.78 is 1.89. The molecule has 2 rings (SSSR count). The first kappa shape index (κ1) is 13.6. The van der Waals surface area contributed by atoms with E-state index in [4.69, 9.17) is 5.73 Å². The zero-order valence-electron chi connectivity index (χ0n) is 12.1. The molecule has 0 aliphatic rings. The van der Waals surface area contributed by atoms with Gasteiger partial charge in [-0.05, 0) is 17.8 Å². The maximum Gasteiger partial charge on any atom is 0.180 e. The quantitative estimate of drug-likeness (QED) is 0.868. The Morgan fingerprint density at radius 1 is 1.26 bits per heavy atom. The smallest absolute Gasteiger partial charge is 0.180 e. The van der Waals surface area contributed by atoms with E-state index in [9.17, 15) is 0 Å². The lowest BCUT2D eigenvalue weighted by molar-refractivity contribution is 0.304. The van der Waals surface area contributed by atoms with Gasteiger partial charge in [-0.15, -0.1) is 0 Å². The Labute approximate surface area is 114 Å². The van der Waals surface area contributed by atoms with Gasteiger partial charge in [0.1, 0.15) is 5.82 Å². The van der Waals surface area contributed by atoms with Crippen LogP contribution in [0.5, 0.6) is 0 Å². The van der Waals surface area contributed by atoms with E-state index in [2.05, 4.69) is 43.0 Å². The van der Waals surface area contributed by atoms with Gasteiger partial charge in [0.25, 0.3) is 0 Å². The zero-order valence-corrected chi connectivity index (χ0v) is 12.1. The zero-order chi connectivity index (χ0) is 14.0. The molecule has 0 amide bonds. The van der Waals surface area contributed by atoms with E-state index in [0.29, 0.717) is 23.6 Å². The summed E-state index contributed by atoms with van der Waals surface area (Å²) in [6.45, 7) is 9.90. The largest absolute Gasteiger partial charge is 0.382 e. The van der Waals surface area contributed by atoms with Crippen LogP contribution in [-0.2, 0) is 0 Å². The number of fused-ring (bicyclic) bond motifs is 1. The van der Waals surface area contributed by atoms with Crippen LogP contribution in [0.2, 0.25) is 0 Å². The van der Waals surface area contributed by atoms with Crippen molar-refractivity contribution in [2.75, 3.05) is 17.6 Å². The molecule has 5 nitrogen and oxygen atoms in total. The standard InChI is InChI=1S/C14H23N5/c1-9(2)11(10(3)4)7-17-13-14-16-5-6-19(14)8-12(15)18-13/h5-6,8-11H,7,15H2,1-4H3,(H,17,18). The van der Waals surface area contributed by atoms with E-state index in [1.165, 1.54) is 0 Å². The number of nitrogen functional groups attached to an aromatic ring is 1. The van der Waals surface area contributed by atoms with E-state index >= 15 is 0 Å². The van der Waals surface area contributed by atoms with Gasteiger partial charge in [-0.1, -0.05) is 27.7 Å². The molecule has 2 heterocycles. The number of hydrogen-bond acceptors (Lipinski definition) is 4. The summed E-state index contributed by atoms with van der Waals surface area (Å²) in [6, 6.07) is 0. The summed E-state index contributed by atoms with van der Waals surface area (Å²) in [5.41, 5.74) is 6.63. The Hall–Kier alpha value is -1.78. The molecular formula is C14H23N5. The predicted molar refractivity (Wildman–Crippen MR) is 79.1 cm³/mol. The summed E-state index contributed by atoms with van der Waals surface area (Å²) in [5.74, 6) is 3.11. The molecule has 2 aromatic heterocycles. The molecule has 0 aliphatic carbocycles. The molecule has 0 bridgehead atoms. The summed E-state index contributed by atoms with van der Waals surface area (Å²) in [7, 11) is 0. The van der Waals surface area contributed by atoms with Gasteiger partial charge < -0.3 is 15.5 Å². The molecule has 0 saturated heterocycles. The highest BCUT2D eigenvalue weighted by Gasteiger charge is 2.18. The molecule has 5 heteroatoms. The first-order valence-electron chi connectivity index (χ1n) is 6.82. The molecule has 0 atom stereocenters. The second-order valence-corrected chi connectivity index (χ2v) is 5.71. The number of hydrogen-bond donors (Lipinski definition) is 2. The van der Waals surface area contributed by atoms with Gasteiger partial charge in [0, 0.05) is 18.9 Å². The van der Waals surface area contributed by atoms with Crippen molar-refractivity contribution in [3.63, 3.8) is 0 Å². The first-order chi connectivity index (χ1) is 8.99.